The summed E-state index contributed by atoms with van der Waals surface area (Å²) in [4.78, 5) is 6.73. The molecule has 0 radical (unpaired) electrons. The van der Waals surface area contributed by atoms with Gasteiger partial charge in [0.1, 0.15) is 10.7 Å². The van der Waals surface area contributed by atoms with Gasteiger partial charge in [-0.2, -0.15) is 4.31 Å². The van der Waals surface area contributed by atoms with Gasteiger partial charge in [0.05, 0.1) is 0 Å². The van der Waals surface area contributed by atoms with Gasteiger partial charge in [0.2, 0.25) is 10.0 Å². The van der Waals surface area contributed by atoms with Crippen LogP contribution in [0.2, 0.25) is 0 Å². The number of hydrogen-bond donors (Lipinski definition) is 1. The van der Waals surface area contributed by atoms with E-state index in [-0.39, 0.29) is 4.90 Å². The first-order chi connectivity index (χ1) is 10.1. The molecular formula is C14H24N4O2S. The molecule has 1 saturated heterocycles. The van der Waals surface area contributed by atoms with Crippen molar-refractivity contribution in [2.75, 3.05) is 44.6 Å². The van der Waals surface area contributed by atoms with Crippen molar-refractivity contribution in [1.29, 1.82) is 0 Å². The van der Waals surface area contributed by atoms with Crippen LogP contribution in [0.15, 0.2) is 23.2 Å². The minimum atomic E-state index is -3.47. The second-order valence-corrected chi connectivity index (χ2v) is 7.03. The lowest BCUT2D eigenvalue weighted by Crippen LogP contribution is -2.48. The van der Waals surface area contributed by atoms with Crippen LogP contribution < -0.4 is 5.32 Å². The average Bonchev–Trinajstić information content (AvgIpc) is 2.49. The van der Waals surface area contributed by atoms with Gasteiger partial charge in [0.15, 0.2) is 0 Å². The van der Waals surface area contributed by atoms with Crippen LogP contribution in [0.4, 0.5) is 5.82 Å². The molecule has 2 heterocycles. The molecule has 118 valence electrons. The number of nitrogens with one attached hydrogen (secondary N) is 1. The first kappa shape index (κ1) is 16.2. The Hall–Kier alpha value is -1.18. The van der Waals surface area contributed by atoms with Crippen molar-refractivity contribution in [1.82, 2.24) is 14.2 Å². The highest BCUT2D eigenvalue weighted by Gasteiger charge is 2.30. The largest absolute Gasteiger partial charge is 0.369 e. The fourth-order valence-electron chi connectivity index (χ4n) is 2.55. The summed E-state index contributed by atoms with van der Waals surface area (Å²) in [5.41, 5.74) is 0. The molecule has 0 saturated carbocycles. The Morgan fingerprint density at radius 1 is 1.24 bits per heavy atom. The maximum Gasteiger partial charge on any atom is 0.246 e. The summed E-state index contributed by atoms with van der Waals surface area (Å²) in [5.74, 6) is 0.441. The van der Waals surface area contributed by atoms with E-state index < -0.39 is 10.0 Å². The first-order valence-electron chi connectivity index (χ1n) is 7.51. The molecule has 0 bridgehead atoms. The summed E-state index contributed by atoms with van der Waals surface area (Å²) in [7, 11) is -3.47. The molecule has 1 fully saturated rings. The summed E-state index contributed by atoms with van der Waals surface area (Å²) in [6.07, 6.45) is 2.70. The minimum absolute atomic E-state index is 0.274. The van der Waals surface area contributed by atoms with E-state index in [2.05, 4.69) is 22.1 Å². The molecule has 7 heteroatoms. The Bertz CT molecular complexity index is 554. The van der Waals surface area contributed by atoms with Gasteiger partial charge >= 0.3 is 0 Å². The molecule has 0 aliphatic carbocycles. The van der Waals surface area contributed by atoms with E-state index in [0.29, 0.717) is 25.5 Å². The van der Waals surface area contributed by atoms with Crippen molar-refractivity contribution in [3.63, 3.8) is 0 Å². The number of rotatable bonds is 6. The van der Waals surface area contributed by atoms with Gasteiger partial charge in [-0.15, -0.1) is 0 Å². The highest BCUT2D eigenvalue weighted by molar-refractivity contribution is 7.89. The van der Waals surface area contributed by atoms with Crippen LogP contribution in [0.3, 0.4) is 0 Å². The Morgan fingerprint density at radius 2 is 1.95 bits per heavy atom. The highest BCUT2D eigenvalue weighted by Crippen LogP contribution is 2.23. The van der Waals surface area contributed by atoms with Gasteiger partial charge in [-0.05, 0) is 32.0 Å². The fraction of sp³-hybridized carbons (Fsp3) is 0.643. The minimum Gasteiger partial charge on any atom is -0.369 e. The van der Waals surface area contributed by atoms with Crippen molar-refractivity contribution in [3.05, 3.63) is 18.3 Å². The quantitative estimate of drug-likeness (QED) is 0.856. The molecule has 0 unspecified atom stereocenters. The average molecular weight is 312 g/mol. The topological polar surface area (TPSA) is 65.5 Å². The van der Waals surface area contributed by atoms with Crippen LogP contribution in [-0.2, 0) is 10.0 Å². The summed E-state index contributed by atoms with van der Waals surface area (Å²) in [6.45, 7) is 8.42. The van der Waals surface area contributed by atoms with E-state index in [9.17, 15) is 8.42 Å². The Labute approximate surface area is 127 Å². The smallest absolute Gasteiger partial charge is 0.246 e. The molecule has 1 aliphatic heterocycles. The summed E-state index contributed by atoms with van der Waals surface area (Å²) in [5, 5.41) is 3.02. The van der Waals surface area contributed by atoms with Crippen LogP contribution in [-0.4, -0.2) is 61.9 Å². The molecule has 0 spiro atoms. The third-order valence-electron chi connectivity index (χ3n) is 3.60. The van der Waals surface area contributed by atoms with Crippen LogP contribution in [0.25, 0.3) is 0 Å². The third kappa shape index (κ3) is 3.72. The van der Waals surface area contributed by atoms with Gasteiger partial charge in [-0.3, -0.25) is 0 Å². The second-order valence-electron chi connectivity index (χ2n) is 5.13. The third-order valence-corrected chi connectivity index (χ3v) is 5.53. The van der Waals surface area contributed by atoms with E-state index in [1.807, 2.05) is 6.92 Å². The van der Waals surface area contributed by atoms with E-state index in [1.54, 1.807) is 22.6 Å². The number of anilines is 1. The predicted octanol–water partition coefficient (Wildman–Crippen LogP) is 1.23. The standard InChI is InChI=1S/C14H24N4O2S/c1-3-8-17-9-11-18(12-10-17)21(19,20)13-6-5-7-16-14(13)15-4-2/h5-7H,3-4,8-12H2,1-2H3,(H,15,16). The van der Waals surface area contributed by atoms with Crippen molar-refractivity contribution < 1.29 is 8.42 Å². The summed E-state index contributed by atoms with van der Waals surface area (Å²) >= 11 is 0. The number of hydrogen-bond acceptors (Lipinski definition) is 5. The van der Waals surface area contributed by atoms with E-state index in [4.69, 9.17) is 0 Å². The zero-order valence-electron chi connectivity index (χ0n) is 12.7. The Balaban J connectivity index is 2.16. The number of aromatic nitrogens is 1. The molecule has 0 aromatic carbocycles. The fourth-order valence-corrected chi connectivity index (χ4v) is 4.09. The predicted molar refractivity (Wildman–Crippen MR) is 83.9 cm³/mol. The second kappa shape index (κ2) is 7.20. The molecule has 6 nitrogen and oxygen atoms in total. The van der Waals surface area contributed by atoms with Gasteiger partial charge in [0.25, 0.3) is 0 Å². The molecule has 1 aromatic rings. The van der Waals surface area contributed by atoms with Crippen molar-refractivity contribution in [3.8, 4) is 0 Å². The van der Waals surface area contributed by atoms with Crippen LogP contribution >= 0.6 is 0 Å². The molecule has 2 rings (SSSR count). The maximum atomic E-state index is 12.8. The number of pyridine rings is 1. The van der Waals surface area contributed by atoms with Crippen molar-refractivity contribution in [2.24, 2.45) is 0 Å². The molecule has 1 aliphatic rings. The van der Waals surface area contributed by atoms with Crippen LogP contribution in [0, 0.1) is 0 Å². The van der Waals surface area contributed by atoms with Gasteiger partial charge < -0.3 is 10.2 Å². The molecule has 1 N–H and O–H groups in total. The van der Waals surface area contributed by atoms with E-state index in [0.717, 1.165) is 26.1 Å². The molecule has 0 amide bonds. The summed E-state index contributed by atoms with van der Waals surface area (Å²) < 4.78 is 27.1. The molecule has 1 aromatic heterocycles. The normalized spacial score (nSPS) is 17.8. The lowest BCUT2D eigenvalue weighted by atomic mass is 10.3. The van der Waals surface area contributed by atoms with Gasteiger partial charge in [0, 0.05) is 38.9 Å². The van der Waals surface area contributed by atoms with E-state index >= 15 is 0 Å². The van der Waals surface area contributed by atoms with Crippen LogP contribution in [0.5, 0.6) is 0 Å². The van der Waals surface area contributed by atoms with Gasteiger partial charge in [-0.25, -0.2) is 13.4 Å². The SMILES string of the molecule is CCCN1CCN(S(=O)(=O)c2cccnc2NCC)CC1. The zero-order valence-corrected chi connectivity index (χ0v) is 13.6. The number of sulfonamides is 1. The number of nitrogens with zero attached hydrogens (tertiary/aromatic N) is 3. The van der Waals surface area contributed by atoms with Crippen LogP contribution in [0.1, 0.15) is 20.3 Å². The Kier molecular flexibility index (Phi) is 5.55. The maximum absolute atomic E-state index is 12.8. The van der Waals surface area contributed by atoms with Gasteiger partial charge in [-0.1, -0.05) is 6.92 Å². The molecular weight excluding hydrogens is 288 g/mol. The van der Waals surface area contributed by atoms with Crippen molar-refractivity contribution >= 4 is 15.8 Å². The zero-order chi connectivity index (χ0) is 15.3. The highest BCUT2D eigenvalue weighted by atomic mass is 32.2. The number of piperazine rings is 1. The lowest BCUT2D eigenvalue weighted by molar-refractivity contribution is 0.188. The first-order valence-corrected chi connectivity index (χ1v) is 8.95. The van der Waals surface area contributed by atoms with E-state index in [1.165, 1.54) is 0 Å². The monoisotopic (exact) mass is 312 g/mol. The van der Waals surface area contributed by atoms with Crippen molar-refractivity contribution in [2.45, 2.75) is 25.2 Å². The molecule has 0 atom stereocenters. The lowest BCUT2D eigenvalue weighted by Gasteiger charge is -2.33. The Morgan fingerprint density at radius 3 is 2.57 bits per heavy atom. The summed E-state index contributed by atoms with van der Waals surface area (Å²) in [6, 6.07) is 3.29. The molecule has 21 heavy (non-hydrogen) atoms.